The zero-order chi connectivity index (χ0) is 13.0. The number of nitrogens with zero attached hydrogens (tertiary/aromatic N) is 3. The van der Waals surface area contributed by atoms with Gasteiger partial charge in [-0.2, -0.15) is 0 Å². The smallest absolute Gasteiger partial charge is 0.358 e. The van der Waals surface area contributed by atoms with Crippen molar-refractivity contribution in [2.75, 3.05) is 0 Å². The van der Waals surface area contributed by atoms with Crippen LogP contribution in [-0.2, 0) is 11.3 Å². The highest BCUT2D eigenvalue weighted by Crippen LogP contribution is 2.03. The van der Waals surface area contributed by atoms with Crippen molar-refractivity contribution in [2.45, 2.75) is 39.8 Å². The molecule has 94 valence electrons. The minimum absolute atomic E-state index is 0.0174. The standard InChI is InChI=1S/C10H16N4O3/c1-4-6(2)11-8(15)5-14-7(3)9(10(16)17)12-13-14/h6H,4-5H2,1-3H3,(H,11,15)(H,16,17). The van der Waals surface area contributed by atoms with Gasteiger partial charge in [0.1, 0.15) is 6.54 Å². The second kappa shape index (κ2) is 5.42. The van der Waals surface area contributed by atoms with Crippen LogP contribution in [0.2, 0.25) is 0 Å². The van der Waals surface area contributed by atoms with E-state index in [9.17, 15) is 9.59 Å². The van der Waals surface area contributed by atoms with Gasteiger partial charge in [0.15, 0.2) is 5.69 Å². The molecular weight excluding hydrogens is 224 g/mol. The third-order valence-corrected chi connectivity index (χ3v) is 2.50. The molecule has 17 heavy (non-hydrogen) atoms. The number of nitrogens with one attached hydrogen (secondary N) is 1. The van der Waals surface area contributed by atoms with Crippen molar-refractivity contribution in [1.29, 1.82) is 0 Å². The first-order valence-corrected chi connectivity index (χ1v) is 5.38. The number of hydrogen-bond donors (Lipinski definition) is 2. The van der Waals surface area contributed by atoms with E-state index in [4.69, 9.17) is 5.11 Å². The van der Waals surface area contributed by atoms with Gasteiger partial charge in [-0.25, -0.2) is 9.48 Å². The number of aromatic carboxylic acids is 1. The second-order valence-corrected chi connectivity index (χ2v) is 3.86. The lowest BCUT2D eigenvalue weighted by Gasteiger charge is -2.11. The van der Waals surface area contributed by atoms with E-state index >= 15 is 0 Å². The molecule has 2 N–H and O–H groups in total. The van der Waals surface area contributed by atoms with E-state index in [1.54, 1.807) is 6.92 Å². The van der Waals surface area contributed by atoms with Crippen LogP contribution in [0.5, 0.6) is 0 Å². The zero-order valence-electron chi connectivity index (χ0n) is 10.1. The van der Waals surface area contributed by atoms with Crippen molar-refractivity contribution >= 4 is 11.9 Å². The lowest BCUT2D eigenvalue weighted by molar-refractivity contribution is -0.122. The third kappa shape index (κ3) is 3.27. The van der Waals surface area contributed by atoms with Gasteiger partial charge in [0.05, 0.1) is 5.69 Å². The highest BCUT2D eigenvalue weighted by atomic mass is 16.4. The summed E-state index contributed by atoms with van der Waals surface area (Å²) >= 11 is 0. The average Bonchev–Trinajstić information content (AvgIpc) is 2.60. The average molecular weight is 240 g/mol. The molecule has 0 aliphatic heterocycles. The van der Waals surface area contributed by atoms with Crippen LogP contribution in [0.25, 0.3) is 0 Å². The Bertz CT molecular complexity index is 427. The highest BCUT2D eigenvalue weighted by Gasteiger charge is 2.16. The topological polar surface area (TPSA) is 97.1 Å². The van der Waals surface area contributed by atoms with Crippen LogP contribution in [0.4, 0.5) is 0 Å². The van der Waals surface area contributed by atoms with Gasteiger partial charge in [-0.1, -0.05) is 12.1 Å². The summed E-state index contributed by atoms with van der Waals surface area (Å²) in [6, 6.07) is 0.0882. The third-order valence-electron chi connectivity index (χ3n) is 2.50. The van der Waals surface area contributed by atoms with Crippen molar-refractivity contribution in [3.8, 4) is 0 Å². The molecular formula is C10H16N4O3. The van der Waals surface area contributed by atoms with Crippen molar-refractivity contribution in [3.63, 3.8) is 0 Å². The van der Waals surface area contributed by atoms with Crippen molar-refractivity contribution in [3.05, 3.63) is 11.4 Å². The maximum atomic E-state index is 11.6. The van der Waals surface area contributed by atoms with Crippen LogP contribution in [0, 0.1) is 6.92 Å². The van der Waals surface area contributed by atoms with E-state index in [0.29, 0.717) is 5.69 Å². The Morgan fingerprint density at radius 3 is 2.65 bits per heavy atom. The van der Waals surface area contributed by atoms with Crippen LogP contribution in [0.15, 0.2) is 0 Å². The molecule has 0 radical (unpaired) electrons. The Labute approximate surface area is 98.8 Å². The molecule has 0 aliphatic rings. The Kier molecular flexibility index (Phi) is 4.19. The SMILES string of the molecule is CCC(C)NC(=O)Cn1nnc(C(=O)O)c1C. The monoisotopic (exact) mass is 240 g/mol. The minimum atomic E-state index is -1.14. The fourth-order valence-electron chi connectivity index (χ4n) is 1.27. The maximum absolute atomic E-state index is 11.6. The quantitative estimate of drug-likeness (QED) is 0.766. The van der Waals surface area contributed by atoms with Crippen LogP contribution >= 0.6 is 0 Å². The normalized spacial score (nSPS) is 12.2. The van der Waals surface area contributed by atoms with E-state index in [0.717, 1.165) is 6.42 Å². The Hall–Kier alpha value is -1.92. The summed E-state index contributed by atoms with van der Waals surface area (Å²) < 4.78 is 1.28. The summed E-state index contributed by atoms with van der Waals surface area (Å²) in [7, 11) is 0. The summed E-state index contributed by atoms with van der Waals surface area (Å²) in [4.78, 5) is 22.3. The van der Waals surface area contributed by atoms with Gasteiger partial charge in [-0.15, -0.1) is 5.10 Å². The molecule has 7 heteroatoms. The molecule has 0 fully saturated rings. The molecule has 1 heterocycles. The Morgan fingerprint density at radius 1 is 1.53 bits per heavy atom. The number of rotatable bonds is 5. The highest BCUT2D eigenvalue weighted by molar-refractivity contribution is 5.86. The predicted molar refractivity (Wildman–Crippen MR) is 59.6 cm³/mol. The first kappa shape index (κ1) is 13.1. The van der Waals surface area contributed by atoms with Gasteiger partial charge in [0.25, 0.3) is 0 Å². The molecule has 1 amide bonds. The molecule has 0 saturated carbocycles. The second-order valence-electron chi connectivity index (χ2n) is 3.86. The van der Waals surface area contributed by atoms with Crippen molar-refractivity contribution in [2.24, 2.45) is 0 Å². The number of carboxylic acids is 1. The van der Waals surface area contributed by atoms with Crippen molar-refractivity contribution < 1.29 is 14.7 Å². The van der Waals surface area contributed by atoms with Gasteiger partial charge < -0.3 is 10.4 Å². The number of carbonyl (C=O) groups excluding carboxylic acids is 1. The largest absolute Gasteiger partial charge is 0.476 e. The van der Waals surface area contributed by atoms with Gasteiger partial charge in [0.2, 0.25) is 5.91 Å². The molecule has 0 spiro atoms. The molecule has 1 unspecified atom stereocenters. The van der Waals surface area contributed by atoms with E-state index in [1.807, 2.05) is 13.8 Å². The molecule has 0 bridgehead atoms. The number of aromatic nitrogens is 3. The molecule has 1 atom stereocenters. The summed E-state index contributed by atoms with van der Waals surface area (Å²) in [5.74, 6) is -1.35. The first-order chi connectivity index (χ1) is 7.95. The van der Waals surface area contributed by atoms with Gasteiger partial charge in [-0.3, -0.25) is 4.79 Å². The number of amides is 1. The predicted octanol–water partition coefficient (Wildman–Crippen LogP) is 0.199. The molecule has 1 aromatic rings. The lowest BCUT2D eigenvalue weighted by atomic mass is 10.2. The van der Waals surface area contributed by atoms with E-state index < -0.39 is 5.97 Å². The molecule has 1 rings (SSSR count). The lowest BCUT2D eigenvalue weighted by Crippen LogP contribution is -2.35. The molecule has 7 nitrogen and oxygen atoms in total. The molecule has 0 saturated heterocycles. The fraction of sp³-hybridized carbons (Fsp3) is 0.600. The zero-order valence-corrected chi connectivity index (χ0v) is 10.1. The number of carboxylic acid groups (broad SMARTS) is 1. The summed E-state index contributed by atoms with van der Waals surface area (Å²) in [6.07, 6.45) is 0.836. The van der Waals surface area contributed by atoms with Gasteiger partial charge >= 0.3 is 5.97 Å². The summed E-state index contributed by atoms with van der Waals surface area (Å²) in [5.41, 5.74) is 0.248. The van der Waals surface area contributed by atoms with Crippen LogP contribution in [0.1, 0.15) is 36.5 Å². The van der Waals surface area contributed by atoms with Gasteiger partial charge in [0, 0.05) is 6.04 Å². The van der Waals surface area contributed by atoms with E-state index in [2.05, 4.69) is 15.6 Å². The number of carbonyl (C=O) groups is 2. The van der Waals surface area contributed by atoms with E-state index in [1.165, 1.54) is 4.68 Å². The number of hydrogen-bond acceptors (Lipinski definition) is 4. The summed E-state index contributed by atoms with van der Waals surface area (Å²) in [5, 5.41) is 18.7. The maximum Gasteiger partial charge on any atom is 0.358 e. The Morgan fingerprint density at radius 2 is 2.18 bits per heavy atom. The molecule has 0 aliphatic carbocycles. The summed E-state index contributed by atoms with van der Waals surface area (Å²) in [6.45, 7) is 5.42. The minimum Gasteiger partial charge on any atom is -0.476 e. The van der Waals surface area contributed by atoms with Crippen LogP contribution < -0.4 is 5.32 Å². The fourth-order valence-corrected chi connectivity index (χ4v) is 1.27. The molecule has 0 aromatic carbocycles. The van der Waals surface area contributed by atoms with Crippen LogP contribution in [0.3, 0.4) is 0 Å². The first-order valence-electron chi connectivity index (χ1n) is 5.38. The van der Waals surface area contributed by atoms with Gasteiger partial charge in [-0.05, 0) is 20.3 Å². The van der Waals surface area contributed by atoms with Crippen LogP contribution in [-0.4, -0.2) is 38.0 Å². The molecule has 1 aromatic heterocycles. The Balaban J connectivity index is 2.69. The van der Waals surface area contributed by atoms with E-state index in [-0.39, 0.29) is 24.2 Å². The van der Waals surface area contributed by atoms with Crippen molar-refractivity contribution in [1.82, 2.24) is 20.3 Å².